The molecule has 112 valence electrons. The first-order chi connectivity index (χ1) is 9.24. The normalized spacial score (nSPS) is 12.9. The van der Waals surface area contributed by atoms with Crippen LogP contribution in [0.2, 0.25) is 0 Å². The van der Waals surface area contributed by atoms with E-state index in [-0.39, 0.29) is 11.4 Å². The van der Waals surface area contributed by atoms with Crippen molar-refractivity contribution in [2.24, 2.45) is 0 Å². The topological polar surface area (TPSA) is 54.0 Å². The Bertz CT molecular complexity index is 476. The Balaban J connectivity index is 2.80. The van der Waals surface area contributed by atoms with Crippen molar-refractivity contribution in [1.29, 1.82) is 0 Å². The van der Waals surface area contributed by atoms with Gasteiger partial charge in [-0.05, 0) is 19.9 Å². The lowest BCUT2D eigenvalue weighted by molar-refractivity contribution is -0.138. The summed E-state index contributed by atoms with van der Waals surface area (Å²) in [7, 11) is 0. The highest BCUT2D eigenvalue weighted by atomic mass is 19.4. The van der Waals surface area contributed by atoms with Gasteiger partial charge in [0.2, 0.25) is 0 Å². The standard InChI is InChI=1S/C12H15F4N3O/c1-3-17-10-9(13)8(4-5-18-10)11(20)19-7(2)6-12(14,15)16/h4-5,7H,3,6H2,1-2H3,(H,17,18)(H,19,20). The summed E-state index contributed by atoms with van der Waals surface area (Å²) in [5.41, 5.74) is -0.343. The summed E-state index contributed by atoms with van der Waals surface area (Å²) in [5, 5.41) is 4.72. The molecule has 1 aromatic heterocycles. The molecule has 1 unspecified atom stereocenters. The van der Waals surface area contributed by atoms with Crippen LogP contribution in [0.4, 0.5) is 23.4 Å². The molecule has 1 rings (SSSR count). The van der Waals surface area contributed by atoms with Crippen molar-refractivity contribution < 1.29 is 22.4 Å². The molecule has 0 spiro atoms. The molecule has 1 atom stereocenters. The summed E-state index contributed by atoms with van der Waals surface area (Å²) in [6.45, 7) is 3.33. The summed E-state index contributed by atoms with van der Waals surface area (Å²) in [6.07, 6.45) is -4.35. The van der Waals surface area contributed by atoms with Crippen LogP contribution in [0.1, 0.15) is 30.6 Å². The van der Waals surface area contributed by atoms with Gasteiger partial charge in [-0.15, -0.1) is 0 Å². The first-order valence-electron chi connectivity index (χ1n) is 6.00. The van der Waals surface area contributed by atoms with E-state index >= 15 is 0 Å². The molecule has 0 aliphatic heterocycles. The largest absolute Gasteiger partial charge is 0.391 e. The lowest BCUT2D eigenvalue weighted by Gasteiger charge is -2.16. The van der Waals surface area contributed by atoms with E-state index in [1.807, 2.05) is 0 Å². The van der Waals surface area contributed by atoms with Crippen molar-refractivity contribution in [2.45, 2.75) is 32.5 Å². The molecule has 0 radical (unpaired) electrons. The molecule has 0 bridgehead atoms. The molecule has 0 fully saturated rings. The Morgan fingerprint density at radius 3 is 2.65 bits per heavy atom. The highest BCUT2D eigenvalue weighted by Crippen LogP contribution is 2.22. The fraction of sp³-hybridized carbons (Fsp3) is 0.500. The van der Waals surface area contributed by atoms with Gasteiger partial charge in [-0.25, -0.2) is 9.37 Å². The van der Waals surface area contributed by atoms with Gasteiger partial charge < -0.3 is 10.6 Å². The average molecular weight is 293 g/mol. The molecule has 0 aromatic carbocycles. The number of aromatic nitrogens is 1. The number of amides is 1. The number of carbonyl (C=O) groups is 1. The van der Waals surface area contributed by atoms with Gasteiger partial charge in [0.25, 0.3) is 5.91 Å². The predicted octanol–water partition coefficient (Wildman–Crippen LogP) is 2.72. The van der Waals surface area contributed by atoms with Crippen LogP contribution in [-0.4, -0.2) is 29.7 Å². The second-order valence-electron chi connectivity index (χ2n) is 4.25. The van der Waals surface area contributed by atoms with Crippen LogP contribution in [0.3, 0.4) is 0 Å². The number of hydrogen-bond acceptors (Lipinski definition) is 3. The lowest BCUT2D eigenvalue weighted by atomic mass is 10.2. The number of pyridine rings is 1. The molecule has 0 aliphatic rings. The third kappa shape index (κ3) is 4.67. The Morgan fingerprint density at radius 1 is 1.45 bits per heavy atom. The van der Waals surface area contributed by atoms with Crippen LogP contribution in [0.25, 0.3) is 0 Å². The molecule has 1 heterocycles. The van der Waals surface area contributed by atoms with Crippen molar-refractivity contribution in [2.75, 3.05) is 11.9 Å². The van der Waals surface area contributed by atoms with Crippen molar-refractivity contribution in [3.05, 3.63) is 23.6 Å². The second-order valence-corrected chi connectivity index (χ2v) is 4.25. The number of alkyl halides is 3. The van der Waals surface area contributed by atoms with Crippen LogP contribution in [-0.2, 0) is 0 Å². The minimum atomic E-state index is -4.39. The average Bonchev–Trinajstić information content (AvgIpc) is 2.29. The number of hydrogen-bond donors (Lipinski definition) is 2. The number of halogens is 4. The van der Waals surface area contributed by atoms with E-state index < -0.39 is 30.4 Å². The number of nitrogens with one attached hydrogen (secondary N) is 2. The van der Waals surface area contributed by atoms with Gasteiger partial charge in [0.1, 0.15) is 0 Å². The van der Waals surface area contributed by atoms with E-state index in [2.05, 4.69) is 15.6 Å². The fourth-order valence-corrected chi connectivity index (χ4v) is 1.61. The highest BCUT2D eigenvalue weighted by molar-refractivity contribution is 5.95. The third-order valence-electron chi connectivity index (χ3n) is 2.39. The van der Waals surface area contributed by atoms with Crippen LogP contribution in [0.5, 0.6) is 0 Å². The molecule has 4 nitrogen and oxygen atoms in total. The molecule has 1 aromatic rings. The van der Waals surface area contributed by atoms with E-state index in [1.54, 1.807) is 6.92 Å². The number of anilines is 1. The van der Waals surface area contributed by atoms with Crippen LogP contribution < -0.4 is 10.6 Å². The van der Waals surface area contributed by atoms with Gasteiger partial charge in [-0.3, -0.25) is 4.79 Å². The number of rotatable bonds is 5. The fourth-order valence-electron chi connectivity index (χ4n) is 1.61. The second kappa shape index (κ2) is 6.53. The summed E-state index contributed by atoms with van der Waals surface area (Å²) in [6, 6.07) is -0.0242. The third-order valence-corrected chi connectivity index (χ3v) is 2.39. The van der Waals surface area contributed by atoms with E-state index in [4.69, 9.17) is 0 Å². The van der Waals surface area contributed by atoms with Gasteiger partial charge in [0.15, 0.2) is 11.6 Å². The molecule has 1 amide bonds. The molecule has 0 saturated heterocycles. The molecule has 2 N–H and O–H groups in total. The zero-order chi connectivity index (χ0) is 15.3. The van der Waals surface area contributed by atoms with Gasteiger partial charge in [0.05, 0.1) is 12.0 Å². The maximum atomic E-state index is 13.9. The van der Waals surface area contributed by atoms with Crippen LogP contribution in [0, 0.1) is 5.82 Å². The summed E-state index contributed by atoms with van der Waals surface area (Å²) < 4.78 is 50.4. The summed E-state index contributed by atoms with van der Waals surface area (Å²) >= 11 is 0. The van der Waals surface area contributed by atoms with E-state index in [1.165, 1.54) is 13.1 Å². The zero-order valence-electron chi connectivity index (χ0n) is 11.0. The summed E-state index contributed by atoms with van der Waals surface area (Å²) in [5.74, 6) is -1.89. The maximum absolute atomic E-state index is 13.9. The van der Waals surface area contributed by atoms with Gasteiger partial charge in [0, 0.05) is 18.8 Å². The smallest absolute Gasteiger partial charge is 0.368 e. The molecular weight excluding hydrogens is 278 g/mol. The van der Waals surface area contributed by atoms with Crippen molar-refractivity contribution in [3.63, 3.8) is 0 Å². The maximum Gasteiger partial charge on any atom is 0.391 e. The number of nitrogens with zero attached hydrogens (tertiary/aromatic N) is 1. The van der Waals surface area contributed by atoms with Crippen LogP contribution >= 0.6 is 0 Å². The van der Waals surface area contributed by atoms with E-state index in [9.17, 15) is 22.4 Å². The minimum absolute atomic E-state index is 0.108. The SMILES string of the molecule is CCNc1nccc(C(=O)NC(C)CC(F)(F)F)c1F. The van der Waals surface area contributed by atoms with Crippen molar-refractivity contribution in [3.8, 4) is 0 Å². The monoisotopic (exact) mass is 293 g/mol. The van der Waals surface area contributed by atoms with E-state index in [0.717, 1.165) is 6.07 Å². The first kappa shape index (κ1) is 16.2. The molecule has 8 heteroatoms. The predicted molar refractivity (Wildman–Crippen MR) is 66.0 cm³/mol. The van der Waals surface area contributed by atoms with Gasteiger partial charge in [-0.2, -0.15) is 13.2 Å². The van der Waals surface area contributed by atoms with Crippen molar-refractivity contribution in [1.82, 2.24) is 10.3 Å². The Hall–Kier alpha value is -1.86. The Morgan fingerprint density at radius 2 is 2.10 bits per heavy atom. The Labute approximate surface area is 113 Å². The van der Waals surface area contributed by atoms with Crippen LogP contribution in [0.15, 0.2) is 12.3 Å². The van der Waals surface area contributed by atoms with Gasteiger partial charge in [-0.1, -0.05) is 0 Å². The molecule has 0 saturated carbocycles. The Kier molecular flexibility index (Phi) is 5.29. The molecule has 0 aliphatic carbocycles. The molecular formula is C12H15F4N3O. The summed E-state index contributed by atoms with van der Waals surface area (Å²) in [4.78, 5) is 15.4. The van der Waals surface area contributed by atoms with Gasteiger partial charge >= 0.3 is 6.18 Å². The zero-order valence-corrected chi connectivity index (χ0v) is 11.0. The van der Waals surface area contributed by atoms with Crippen molar-refractivity contribution >= 4 is 11.7 Å². The minimum Gasteiger partial charge on any atom is -0.368 e. The highest BCUT2D eigenvalue weighted by Gasteiger charge is 2.31. The molecule has 20 heavy (non-hydrogen) atoms. The first-order valence-corrected chi connectivity index (χ1v) is 6.00. The number of carbonyl (C=O) groups excluding carboxylic acids is 1. The van der Waals surface area contributed by atoms with E-state index in [0.29, 0.717) is 6.54 Å². The lowest BCUT2D eigenvalue weighted by Crippen LogP contribution is -2.36. The quantitative estimate of drug-likeness (QED) is 0.821.